The van der Waals surface area contributed by atoms with E-state index in [4.69, 9.17) is 10.3 Å². The lowest BCUT2D eigenvalue weighted by atomic mass is 10.2. The van der Waals surface area contributed by atoms with Crippen molar-refractivity contribution in [3.05, 3.63) is 33.7 Å². The van der Waals surface area contributed by atoms with E-state index >= 15 is 0 Å². The summed E-state index contributed by atoms with van der Waals surface area (Å²) in [6, 6.07) is 7.94. The molecule has 0 bridgehead atoms. The third kappa shape index (κ3) is 2.41. The monoisotopic (exact) mass is 329 g/mol. The zero-order valence-corrected chi connectivity index (χ0v) is 11.0. The van der Waals surface area contributed by atoms with Crippen LogP contribution in [0.3, 0.4) is 0 Å². The molecule has 4 nitrogen and oxygen atoms in total. The Morgan fingerprint density at radius 3 is 2.69 bits per heavy atom. The molecular formula is C11H12IN3O. The van der Waals surface area contributed by atoms with Gasteiger partial charge < -0.3 is 10.3 Å². The fourth-order valence-corrected chi connectivity index (χ4v) is 1.61. The van der Waals surface area contributed by atoms with Crippen LogP contribution in [0, 0.1) is 3.57 Å². The van der Waals surface area contributed by atoms with Crippen LogP contribution in [0.25, 0.3) is 11.5 Å². The second-order valence-electron chi connectivity index (χ2n) is 3.60. The molecule has 16 heavy (non-hydrogen) atoms. The van der Waals surface area contributed by atoms with Gasteiger partial charge in [-0.3, -0.25) is 0 Å². The zero-order chi connectivity index (χ0) is 11.5. The van der Waals surface area contributed by atoms with Crippen LogP contribution in [-0.4, -0.2) is 16.7 Å². The first-order valence-corrected chi connectivity index (χ1v) is 6.08. The van der Waals surface area contributed by atoms with E-state index in [0.29, 0.717) is 18.3 Å². The van der Waals surface area contributed by atoms with Crippen LogP contribution in [-0.2, 0) is 0 Å². The van der Waals surface area contributed by atoms with Gasteiger partial charge in [0.15, 0.2) is 5.82 Å². The van der Waals surface area contributed by atoms with Gasteiger partial charge in [0, 0.05) is 21.6 Å². The van der Waals surface area contributed by atoms with Crippen molar-refractivity contribution in [1.29, 1.82) is 0 Å². The first-order chi connectivity index (χ1) is 7.70. The van der Waals surface area contributed by atoms with Crippen LogP contribution < -0.4 is 5.73 Å². The first kappa shape index (κ1) is 11.5. The maximum atomic E-state index is 5.55. The van der Waals surface area contributed by atoms with E-state index in [0.717, 1.165) is 5.56 Å². The number of hydrogen-bond donors (Lipinski definition) is 1. The Morgan fingerprint density at radius 1 is 1.38 bits per heavy atom. The molecule has 1 atom stereocenters. The lowest BCUT2D eigenvalue weighted by Crippen LogP contribution is -2.10. The molecule has 2 N–H and O–H groups in total. The average Bonchev–Trinajstić information content (AvgIpc) is 2.78. The number of rotatable bonds is 3. The normalized spacial score (nSPS) is 12.7. The first-order valence-electron chi connectivity index (χ1n) is 5.00. The topological polar surface area (TPSA) is 64.9 Å². The predicted molar refractivity (Wildman–Crippen MR) is 69.9 cm³/mol. The number of hydrogen-bond acceptors (Lipinski definition) is 4. The van der Waals surface area contributed by atoms with Gasteiger partial charge >= 0.3 is 0 Å². The standard InChI is InChI=1S/C11H12IN3O/c1-7(6-13)10-14-11(16-15-10)8-2-4-9(12)5-3-8/h2-5,7H,6,13H2,1H3. The van der Waals surface area contributed by atoms with Crippen molar-refractivity contribution in [3.8, 4) is 11.5 Å². The molecule has 2 rings (SSSR count). The van der Waals surface area contributed by atoms with Crippen molar-refractivity contribution in [2.45, 2.75) is 12.8 Å². The molecule has 0 saturated heterocycles. The second-order valence-corrected chi connectivity index (χ2v) is 4.85. The molecule has 1 heterocycles. The Bertz CT molecular complexity index is 466. The van der Waals surface area contributed by atoms with Crippen LogP contribution in [0.1, 0.15) is 18.7 Å². The number of nitrogens with two attached hydrogens (primary N) is 1. The highest BCUT2D eigenvalue weighted by molar-refractivity contribution is 14.1. The Hall–Kier alpha value is -0.950. The molecule has 1 unspecified atom stereocenters. The van der Waals surface area contributed by atoms with Crippen LogP contribution in [0.2, 0.25) is 0 Å². The SMILES string of the molecule is CC(CN)c1noc(-c2ccc(I)cc2)n1. The molecule has 0 aliphatic heterocycles. The molecule has 0 aliphatic carbocycles. The Kier molecular flexibility index (Phi) is 3.55. The maximum Gasteiger partial charge on any atom is 0.257 e. The number of nitrogens with zero attached hydrogens (tertiary/aromatic N) is 2. The summed E-state index contributed by atoms with van der Waals surface area (Å²) in [6.07, 6.45) is 0. The van der Waals surface area contributed by atoms with Gasteiger partial charge in [-0.25, -0.2) is 0 Å². The Morgan fingerprint density at radius 2 is 2.06 bits per heavy atom. The van der Waals surface area contributed by atoms with Crippen molar-refractivity contribution < 1.29 is 4.52 Å². The lowest BCUT2D eigenvalue weighted by Gasteiger charge is -1.98. The van der Waals surface area contributed by atoms with Crippen molar-refractivity contribution >= 4 is 22.6 Å². The van der Waals surface area contributed by atoms with Crippen molar-refractivity contribution in [3.63, 3.8) is 0 Å². The largest absolute Gasteiger partial charge is 0.334 e. The molecule has 0 amide bonds. The molecule has 84 valence electrons. The maximum absolute atomic E-state index is 5.55. The summed E-state index contributed by atoms with van der Waals surface area (Å²) in [5.74, 6) is 1.34. The summed E-state index contributed by atoms with van der Waals surface area (Å²) in [7, 11) is 0. The smallest absolute Gasteiger partial charge is 0.257 e. The van der Waals surface area contributed by atoms with Crippen molar-refractivity contribution in [2.75, 3.05) is 6.54 Å². The number of benzene rings is 1. The van der Waals surface area contributed by atoms with Gasteiger partial charge in [-0.1, -0.05) is 12.1 Å². The van der Waals surface area contributed by atoms with Crippen LogP contribution in [0.5, 0.6) is 0 Å². The number of aromatic nitrogens is 2. The van der Waals surface area contributed by atoms with Crippen LogP contribution in [0.15, 0.2) is 28.8 Å². The molecule has 1 aromatic carbocycles. The average molecular weight is 329 g/mol. The minimum absolute atomic E-state index is 0.126. The molecule has 2 aromatic rings. The molecule has 0 saturated carbocycles. The van der Waals surface area contributed by atoms with Gasteiger partial charge in [0.2, 0.25) is 0 Å². The summed E-state index contributed by atoms with van der Waals surface area (Å²) >= 11 is 2.25. The molecule has 0 spiro atoms. The zero-order valence-electron chi connectivity index (χ0n) is 8.85. The fraction of sp³-hybridized carbons (Fsp3) is 0.273. The number of halogens is 1. The molecule has 1 aromatic heterocycles. The molecule has 0 aliphatic rings. The highest BCUT2D eigenvalue weighted by Crippen LogP contribution is 2.20. The molecular weight excluding hydrogens is 317 g/mol. The third-order valence-electron chi connectivity index (χ3n) is 2.33. The van der Waals surface area contributed by atoms with Gasteiger partial charge in [0.25, 0.3) is 5.89 Å². The summed E-state index contributed by atoms with van der Waals surface area (Å²) in [6.45, 7) is 2.49. The predicted octanol–water partition coefficient (Wildman–Crippen LogP) is 2.40. The summed E-state index contributed by atoms with van der Waals surface area (Å²) in [5, 5.41) is 3.92. The molecule has 5 heteroatoms. The minimum atomic E-state index is 0.126. The van der Waals surface area contributed by atoms with E-state index in [1.165, 1.54) is 3.57 Å². The fourth-order valence-electron chi connectivity index (χ4n) is 1.25. The van der Waals surface area contributed by atoms with E-state index < -0.39 is 0 Å². The van der Waals surface area contributed by atoms with Gasteiger partial charge in [0.1, 0.15) is 0 Å². The van der Waals surface area contributed by atoms with Gasteiger partial charge in [0.05, 0.1) is 0 Å². The van der Waals surface area contributed by atoms with Gasteiger partial charge in [-0.15, -0.1) is 0 Å². The van der Waals surface area contributed by atoms with Crippen LogP contribution >= 0.6 is 22.6 Å². The minimum Gasteiger partial charge on any atom is -0.334 e. The quantitative estimate of drug-likeness (QED) is 0.879. The van der Waals surface area contributed by atoms with Gasteiger partial charge in [-0.05, 0) is 46.9 Å². The van der Waals surface area contributed by atoms with Gasteiger partial charge in [-0.2, -0.15) is 4.98 Å². The third-order valence-corrected chi connectivity index (χ3v) is 3.05. The van der Waals surface area contributed by atoms with Crippen LogP contribution in [0.4, 0.5) is 0 Å². The van der Waals surface area contributed by atoms with Crippen molar-refractivity contribution in [2.24, 2.45) is 5.73 Å². The van der Waals surface area contributed by atoms with Crippen molar-refractivity contribution in [1.82, 2.24) is 10.1 Å². The lowest BCUT2D eigenvalue weighted by molar-refractivity contribution is 0.418. The van der Waals surface area contributed by atoms with E-state index in [1.807, 2.05) is 31.2 Å². The summed E-state index contributed by atoms with van der Waals surface area (Å²) < 4.78 is 6.37. The molecule has 0 fully saturated rings. The van der Waals surface area contributed by atoms with E-state index in [2.05, 4.69) is 32.7 Å². The highest BCUT2D eigenvalue weighted by atomic mass is 127. The molecule has 0 radical (unpaired) electrons. The highest BCUT2D eigenvalue weighted by Gasteiger charge is 2.13. The summed E-state index contributed by atoms with van der Waals surface area (Å²) in [4.78, 5) is 4.32. The Balaban J connectivity index is 2.28. The van der Waals surface area contributed by atoms with E-state index in [1.54, 1.807) is 0 Å². The second kappa shape index (κ2) is 4.92. The van der Waals surface area contributed by atoms with E-state index in [9.17, 15) is 0 Å². The summed E-state index contributed by atoms with van der Waals surface area (Å²) in [5.41, 5.74) is 6.48. The van der Waals surface area contributed by atoms with E-state index in [-0.39, 0.29) is 5.92 Å². The Labute approximate surface area is 107 Å².